The smallest absolute Gasteiger partial charge is 0.249 e. The molecular weight excluding hydrogens is 268 g/mol. The molecule has 1 atom stereocenters. The van der Waals surface area contributed by atoms with Crippen LogP contribution in [0.3, 0.4) is 0 Å². The van der Waals surface area contributed by atoms with Crippen LogP contribution in [-0.4, -0.2) is 35.2 Å². The Kier molecular flexibility index (Phi) is 4.52. The zero-order valence-electron chi connectivity index (χ0n) is 12.1. The third-order valence-corrected chi connectivity index (χ3v) is 3.39. The lowest BCUT2D eigenvalue weighted by molar-refractivity contribution is -0.147. The van der Waals surface area contributed by atoms with Gasteiger partial charge in [-0.15, -0.1) is 0 Å². The van der Waals surface area contributed by atoms with Gasteiger partial charge in [-0.25, -0.2) is 0 Å². The van der Waals surface area contributed by atoms with Crippen LogP contribution < -0.4 is 5.32 Å². The second-order valence-corrected chi connectivity index (χ2v) is 5.05. The summed E-state index contributed by atoms with van der Waals surface area (Å²) in [5.74, 6) is -1.18. The number of hydrogen-bond acceptors (Lipinski definition) is 3. The monoisotopic (exact) mass is 286 g/mol. The van der Waals surface area contributed by atoms with E-state index in [-0.39, 0.29) is 12.5 Å². The molecule has 3 amide bonds. The number of nitrogens with one attached hydrogen (secondary N) is 1. The van der Waals surface area contributed by atoms with Crippen LogP contribution in [0.25, 0.3) is 6.08 Å². The summed E-state index contributed by atoms with van der Waals surface area (Å²) in [5.41, 5.74) is 2.01. The van der Waals surface area contributed by atoms with Crippen molar-refractivity contribution in [2.75, 3.05) is 6.54 Å². The predicted octanol–water partition coefficient (Wildman–Crippen LogP) is 1.27. The molecular formula is C16H18N2O3. The molecule has 0 aliphatic carbocycles. The standard InChI is InChI=1S/C16H18N2O3/c1-3-13-16(21)17-14(19)10-18(13)15(20)8-7-12-6-4-5-11(2)9-12/h4-9,13H,3,10H2,1-2H3,(H,17,19,21). The Labute approximate surface area is 123 Å². The summed E-state index contributed by atoms with van der Waals surface area (Å²) in [6, 6.07) is 7.14. The zero-order valence-corrected chi connectivity index (χ0v) is 12.1. The van der Waals surface area contributed by atoms with Crippen LogP contribution in [0, 0.1) is 6.92 Å². The second-order valence-electron chi connectivity index (χ2n) is 5.05. The lowest BCUT2D eigenvalue weighted by atomic mass is 10.1. The number of piperazine rings is 1. The lowest BCUT2D eigenvalue weighted by Crippen LogP contribution is -2.59. The van der Waals surface area contributed by atoms with Gasteiger partial charge in [-0.05, 0) is 25.0 Å². The minimum absolute atomic E-state index is 0.0821. The Balaban J connectivity index is 2.14. The molecule has 0 saturated carbocycles. The molecule has 0 bridgehead atoms. The summed E-state index contributed by atoms with van der Waals surface area (Å²) in [6.45, 7) is 3.70. The fraction of sp³-hybridized carbons (Fsp3) is 0.312. The highest BCUT2D eigenvalue weighted by atomic mass is 16.2. The summed E-state index contributed by atoms with van der Waals surface area (Å²) in [6.07, 6.45) is 3.57. The second kappa shape index (κ2) is 6.35. The first-order chi connectivity index (χ1) is 10.0. The highest BCUT2D eigenvalue weighted by Crippen LogP contribution is 2.11. The Morgan fingerprint density at radius 1 is 1.43 bits per heavy atom. The molecule has 5 heteroatoms. The topological polar surface area (TPSA) is 66.5 Å². The van der Waals surface area contributed by atoms with Crippen LogP contribution >= 0.6 is 0 Å². The average molecular weight is 286 g/mol. The molecule has 0 spiro atoms. The summed E-state index contributed by atoms with van der Waals surface area (Å²) in [5, 5.41) is 2.25. The predicted molar refractivity (Wildman–Crippen MR) is 79.2 cm³/mol. The van der Waals surface area contributed by atoms with Gasteiger partial charge in [0.25, 0.3) is 0 Å². The number of carbonyl (C=O) groups excluding carboxylic acids is 3. The van der Waals surface area contributed by atoms with Crippen LogP contribution in [0.2, 0.25) is 0 Å². The molecule has 21 heavy (non-hydrogen) atoms. The number of rotatable bonds is 3. The third kappa shape index (κ3) is 3.56. The van der Waals surface area contributed by atoms with Gasteiger partial charge in [0.15, 0.2) is 0 Å². The Bertz CT molecular complexity index is 607. The molecule has 1 aliphatic rings. The molecule has 1 aromatic carbocycles. The quantitative estimate of drug-likeness (QED) is 0.672. The Hall–Kier alpha value is -2.43. The maximum absolute atomic E-state index is 12.2. The van der Waals surface area contributed by atoms with Crippen molar-refractivity contribution in [1.82, 2.24) is 10.2 Å². The van der Waals surface area contributed by atoms with E-state index in [0.717, 1.165) is 11.1 Å². The van der Waals surface area contributed by atoms with Gasteiger partial charge in [0.05, 0.1) is 0 Å². The number of carbonyl (C=O) groups is 3. The van der Waals surface area contributed by atoms with Crippen molar-refractivity contribution in [3.05, 3.63) is 41.5 Å². The highest BCUT2D eigenvalue weighted by Gasteiger charge is 2.34. The maximum Gasteiger partial charge on any atom is 0.249 e. The van der Waals surface area contributed by atoms with E-state index in [1.807, 2.05) is 38.1 Å². The van der Waals surface area contributed by atoms with Crippen molar-refractivity contribution in [2.24, 2.45) is 0 Å². The van der Waals surface area contributed by atoms with Crippen LogP contribution in [0.1, 0.15) is 24.5 Å². The Morgan fingerprint density at radius 3 is 2.86 bits per heavy atom. The average Bonchev–Trinajstić information content (AvgIpc) is 2.44. The Morgan fingerprint density at radius 2 is 2.19 bits per heavy atom. The van der Waals surface area contributed by atoms with Crippen LogP contribution in [-0.2, 0) is 14.4 Å². The molecule has 1 unspecified atom stereocenters. The molecule has 110 valence electrons. The van der Waals surface area contributed by atoms with Crippen LogP contribution in [0.4, 0.5) is 0 Å². The highest BCUT2D eigenvalue weighted by molar-refractivity contribution is 6.06. The fourth-order valence-corrected chi connectivity index (χ4v) is 2.34. The maximum atomic E-state index is 12.2. The van der Waals surface area contributed by atoms with E-state index < -0.39 is 17.9 Å². The van der Waals surface area contributed by atoms with Gasteiger partial charge in [-0.1, -0.05) is 36.8 Å². The van der Waals surface area contributed by atoms with Crippen molar-refractivity contribution < 1.29 is 14.4 Å². The van der Waals surface area contributed by atoms with E-state index in [1.54, 1.807) is 6.08 Å². The summed E-state index contributed by atoms with van der Waals surface area (Å²) in [4.78, 5) is 36.7. The molecule has 1 aromatic rings. The van der Waals surface area contributed by atoms with E-state index in [9.17, 15) is 14.4 Å². The van der Waals surface area contributed by atoms with Gasteiger partial charge in [0.2, 0.25) is 17.7 Å². The van der Waals surface area contributed by atoms with E-state index >= 15 is 0 Å². The van der Waals surface area contributed by atoms with Gasteiger partial charge in [-0.3, -0.25) is 19.7 Å². The SMILES string of the molecule is CCC1C(=O)NC(=O)CN1C(=O)C=Cc1cccc(C)c1. The number of hydrogen-bond donors (Lipinski definition) is 1. The molecule has 0 aromatic heterocycles. The molecule has 0 radical (unpaired) electrons. The molecule has 1 fully saturated rings. The van der Waals surface area contributed by atoms with Gasteiger partial charge in [0.1, 0.15) is 12.6 Å². The van der Waals surface area contributed by atoms with Crippen molar-refractivity contribution in [2.45, 2.75) is 26.3 Å². The van der Waals surface area contributed by atoms with E-state index in [0.29, 0.717) is 6.42 Å². The van der Waals surface area contributed by atoms with E-state index in [2.05, 4.69) is 5.32 Å². The van der Waals surface area contributed by atoms with Gasteiger partial charge in [0, 0.05) is 6.08 Å². The van der Waals surface area contributed by atoms with Gasteiger partial charge in [-0.2, -0.15) is 0 Å². The number of nitrogens with zero attached hydrogens (tertiary/aromatic N) is 1. The van der Waals surface area contributed by atoms with Crippen molar-refractivity contribution >= 4 is 23.8 Å². The van der Waals surface area contributed by atoms with Crippen molar-refractivity contribution in [3.63, 3.8) is 0 Å². The molecule has 2 rings (SSSR count). The number of benzene rings is 1. The summed E-state index contributed by atoms with van der Waals surface area (Å²) >= 11 is 0. The molecule has 1 N–H and O–H groups in total. The molecule has 5 nitrogen and oxygen atoms in total. The van der Waals surface area contributed by atoms with Crippen molar-refractivity contribution in [1.29, 1.82) is 0 Å². The first-order valence-corrected chi connectivity index (χ1v) is 6.90. The number of imide groups is 1. The number of aryl methyl sites for hydroxylation is 1. The van der Waals surface area contributed by atoms with Crippen LogP contribution in [0.15, 0.2) is 30.3 Å². The van der Waals surface area contributed by atoms with Gasteiger partial charge >= 0.3 is 0 Å². The zero-order chi connectivity index (χ0) is 15.4. The largest absolute Gasteiger partial charge is 0.318 e. The minimum Gasteiger partial charge on any atom is -0.318 e. The van der Waals surface area contributed by atoms with E-state index in [1.165, 1.54) is 11.0 Å². The first kappa shape index (κ1) is 15.0. The van der Waals surface area contributed by atoms with E-state index in [4.69, 9.17) is 0 Å². The normalized spacial score (nSPS) is 19.0. The van der Waals surface area contributed by atoms with Crippen LogP contribution in [0.5, 0.6) is 0 Å². The summed E-state index contributed by atoms with van der Waals surface area (Å²) < 4.78 is 0. The first-order valence-electron chi connectivity index (χ1n) is 6.90. The number of amides is 3. The fourth-order valence-electron chi connectivity index (χ4n) is 2.34. The third-order valence-electron chi connectivity index (χ3n) is 3.39. The lowest BCUT2D eigenvalue weighted by Gasteiger charge is -2.32. The molecule has 1 heterocycles. The minimum atomic E-state index is -0.586. The van der Waals surface area contributed by atoms with Crippen molar-refractivity contribution in [3.8, 4) is 0 Å². The van der Waals surface area contributed by atoms with Gasteiger partial charge < -0.3 is 4.90 Å². The molecule has 1 saturated heterocycles. The summed E-state index contributed by atoms with van der Waals surface area (Å²) in [7, 11) is 0. The molecule has 1 aliphatic heterocycles.